The van der Waals surface area contributed by atoms with Crippen LogP contribution in [0.2, 0.25) is 25.7 Å². The molecule has 2 aliphatic rings. The lowest BCUT2D eigenvalue weighted by molar-refractivity contribution is -0.163. The summed E-state index contributed by atoms with van der Waals surface area (Å²) in [7, 11) is 0.414. The van der Waals surface area contributed by atoms with Gasteiger partial charge in [-0.3, -0.25) is 19.2 Å². The minimum Gasteiger partial charge on any atom is -0.424 e. The largest absolute Gasteiger partial charge is 0.424 e. The molecule has 0 bridgehead atoms. The zero-order valence-electron chi connectivity index (χ0n) is 23.2. The van der Waals surface area contributed by atoms with Crippen LogP contribution in [0, 0.1) is 6.92 Å². The lowest BCUT2D eigenvalue weighted by Gasteiger charge is -2.38. The number of aliphatic hydroxyl groups is 1. The Balaban J connectivity index is 1.52. The summed E-state index contributed by atoms with van der Waals surface area (Å²) in [6.45, 7) is 10.9. The lowest BCUT2D eigenvalue weighted by Crippen LogP contribution is -2.54. The number of carbonyl (C=O) groups is 1. The first-order chi connectivity index (χ1) is 18.1. The van der Waals surface area contributed by atoms with Gasteiger partial charge in [0.1, 0.15) is 12.5 Å². The Kier molecular flexibility index (Phi) is 9.42. The Labute approximate surface area is 225 Å². The molecule has 2 aromatic heterocycles. The Bertz CT molecular complexity index is 1080. The van der Waals surface area contributed by atoms with Crippen LogP contribution in [0.4, 0.5) is 5.82 Å². The van der Waals surface area contributed by atoms with E-state index in [4.69, 9.17) is 18.9 Å². The molecule has 0 radical (unpaired) electrons. The summed E-state index contributed by atoms with van der Waals surface area (Å²) in [6, 6.07) is 3.05. The maximum atomic E-state index is 13.7. The molecule has 0 spiro atoms. The molecule has 4 rings (SSSR count). The van der Waals surface area contributed by atoms with Crippen LogP contribution in [-0.4, -0.2) is 84.6 Å². The van der Waals surface area contributed by atoms with E-state index in [1.54, 1.807) is 28.9 Å². The number of pyridine rings is 1. The number of rotatable bonds is 12. The summed E-state index contributed by atoms with van der Waals surface area (Å²) < 4.78 is 25.2. The van der Waals surface area contributed by atoms with E-state index in [1.807, 2.05) is 13.0 Å². The van der Waals surface area contributed by atoms with E-state index in [1.165, 1.54) is 4.90 Å². The number of ether oxygens (including phenoxy) is 4. The van der Waals surface area contributed by atoms with E-state index in [-0.39, 0.29) is 24.9 Å². The second kappa shape index (κ2) is 12.6. The highest BCUT2D eigenvalue weighted by molar-refractivity contribution is 6.76. The average Bonchev–Trinajstić information content (AvgIpc) is 3.23. The summed E-state index contributed by atoms with van der Waals surface area (Å²) in [6.07, 6.45) is 5.58. The number of amides is 1. The zero-order valence-corrected chi connectivity index (χ0v) is 24.2. The van der Waals surface area contributed by atoms with Gasteiger partial charge in [0.2, 0.25) is 6.35 Å². The minimum atomic E-state index is -1.29. The second-order valence-corrected chi connectivity index (χ2v) is 16.7. The molecule has 12 heteroatoms. The topological polar surface area (TPSA) is 111 Å². The van der Waals surface area contributed by atoms with Crippen molar-refractivity contribution in [2.45, 2.75) is 77.7 Å². The molecular weight excluding hydrogens is 506 g/mol. The van der Waals surface area contributed by atoms with Gasteiger partial charge in [0.05, 0.1) is 12.8 Å². The molecular formula is C26H41N5O6Si. The van der Waals surface area contributed by atoms with Crippen molar-refractivity contribution in [3.63, 3.8) is 0 Å². The van der Waals surface area contributed by atoms with Gasteiger partial charge in [-0.2, -0.15) is 4.98 Å². The predicted octanol–water partition coefficient (Wildman–Crippen LogP) is 3.79. The lowest BCUT2D eigenvalue weighted by atomic mass is 10.2. The second-order valence-electron chi connectivity index (χ2n) is 11.1. The third-order valence-electron chi connectivity index (χ3n) is 6.60. The molecule has 1 N–H and O–H groups in total. The summed E-state index contributed by atoms with van der Waals surface area (Å²) >= 11 is 0. The van der Waals surface area contributed by atoms with E-state index in [0.717, 1.165) is 30.9 Å². The fourth-order valence-electron chi connectivity index (χ4n) is 4.37. The maximum absolute atomic E-state index is 13.7. The molecule has 2 atom stereocenters. The van der Waals surface area contributed by atoms with Crippen molar-refractivity contribution in [2.75, 3.05) is 38.3 Å². The first kappa shape index (κ1) is 28.5. The van der Waals surface area contributed by atoms with Crippen molar-refractivity contribution < 1.29 is 28.8 Å². The van der Waals surface area contributed by atoms with Gasteiger partial charge in [-0.25, -0.2) is 0 Å². The number of aromatic nitrogens is 3. The third kappa shape index (κ3) is 7.11. The predicted molar refractivity (Wildman–Crippen MR) is 145 cm³/mol. The molecule has 1 amide bonds. The number of imidazole rings is 1. The summed E-state index contributed by atoms with van der Waals surface area (Å²) in [4.78, 5) is 25.5. The van der Waals surface area contributed by atoms with Gasteiger partial charge in [-0.05, 0) is 50.3 Å². The zero-order chi connectivity index (χ0) is 27.3. The number of carbonyl (C=O) groups excluding carboxylic acids is 1. The number of aliphatic hydroxyl groups excluding tert-OH is 1. The Morgan fingerprint density at radius 1 is 1.21 bits per heavy atom. The fourth-order valence-corrected chi connectivity index (χ4v) is 5.12. The molecule has 0 aromatic carbocycles. The quantitative estimate of drug-likeness (QED) is 0.313. The molecule has 1 saturated heterocycles. The van der Waals surface area contributed by atoms with E-state index in [2.05, 4.69) is 29.6 Å². The Morgan fingerprint density at radius 3 is 2.74 bits per heavy atom. The van der Waals surface area contributed by atoms with E-state index >= 15 is 0 Å². The molecule has 2 aliphatic heterocycles. The smallest absolute Gasteiger partial charge is 0.306 e. The SMILES string of the molecule is Cc1cncc(Oc2nc3c(n2COCC[Si](C)(C)C)C(=O)N(CCCOC2CCCCO2)C(O)N3C)c1. The average molecular weight is 548 g/mol. The third-order valence-corrected chi connectivity index (χ3v) is 8.30. The van der Waals surface area contributed by atoms with Crippen molar-refractivity contribution in [2.24, 2.45) is 0 Å². The highest BCUT2D eigenvalue weighted by Gasteiger charge is 2.40. The number of anilines is 1. The number of hydrogen-bond acceptors (Lipinski definition) is 9. The molecule has 38 heavy (non-hydrogen) atoms. The van der Waals surface area contributed by atoms with Gasteiger partial charge in [-0.1, -0.05) is 19.6 Å². The minimum absolute atomic E-state index is 0.104. The number of hydrogen-bond donors (Lipinski definition) is 1. The monoisotopic (exact) mass is 547 g/mol. The van der Waals surface area contributed by atoms with E-state index in [0.29, 0.717) is 50.0 Å². The molecule has 11 nitrogen and oxygen atoms in total. The van der Waals surface area contributed by atoms with Crippen molar-refractivity contribution in [1.82, 2.24) is 19.4 Å². The molecule has 2 aromatic rings. The van der Waals surface area contributed by atoms with Gasteiger partial charge in [0.25, 0.3) is 5.91 Å². The van der Waals surface area contributed by atoms with Crippen LogP contribution in [0.25, 0.3) is 0 Å². The summed E-state index contributed by atoms with van der Waals surface area (Å²) in [5, 5.41) is 11.0. The van der Waals surface area contributed by atoms with Gasteiger partial charge >= 0.3 is 6.01 Å². The number of fused-ring (bicyclic) bond motifs is 1. The molecule has 1 fully saturated rings. The molecule has 0 aliphatic carbocycles. The van der Waals surface area contributed by atoms with Crippen LogP contribution in [0.15, 0.2) is 18.5 Å². The van der Waals surface area contributed by atoms with Crippen molar-refractivity contribution in [1.29, 1.82) is 0 Å². The maximum Gasteiger partial charge on any atom is 0.306 e. The molecule has 2 unspecified atom stereocenters. The number of nitrogens with zero attached hydrogens (tertiary/aromatic N) is 5. The standard InChI is InChI=1S/C26H41N5O6Si/c1-19-15-20(17-27-16-19)37-25-28-23-22(31(25)18-34-13-14-38(3,4)5)24(32)30(26(33)29(23)2)10-8-12-36-21-9-6-7-11-35-21/h15-17,21,26,33H,6-14,18H2,1-5H3. The Hall–Kier alpha value is -2.51. The van der Waals surface area contributed by atoms with Crippen LogP contribution >= 0.6 is 0 Å². The fraction of sp³-hybridized carbons (Fsp3) is 0.654. The van der Waals surface area contributed by atoms with Crippen LogP contribution in [0.3, 0.4) is 0 Å². The molecule has 210 valence electrons. The van der Waals surface area contributed by atoms with Crippen LogP contribution in [-0.2, 0) is 20.9 Å². The van der Waals surface area contributed by atoms with Gasteiger partial charge in [0.15, 0.2) is 17.8 Å². The highest BCUT2D eigenvalue weighted by atomic mass is 28.3. The van der Waals surface area contributed by atoms with Crippen LogP contribution in [0.1, 0.15) is 41.7 Å². The van der Waals surface area contributed by atoms with Gasteiger partial charge in [0, 0.05) is 41.1 Å². The normalized spacial score (nSPS) is 20.1. The first-order valence-corrected chi connectivity index (χ1v) is 17.1. The summed E-state index contributed by atoms with van der Waals surface area (Å²) in [5.41, 5.74) is 1.25. The Morgan fingerprint density at radius 2 is 2.03 bits per heavy atom. The van der Waals surface area contributed by atoms with Gasteiger partial charge < -0.3 is 29.0 Å². The summed E-state index contributed by atoms with van der Waals surface area (Å²) in [5.74, 6) is 0.512. The van der Waals surface area contributed by atoms with E-state index < -0.39 is 14.4 Å². The first-order valence-electron chi connectivity index (χ1n) is 13.4. The van der Waals surface area contributed by atoms with Gasteiger partial charge in [-0.15, -0.1) is 0 Å². The van der Waals surface area contributed by atoms with Crippen LogP contribution in [0.5, 0.6) is 11.8 Å². The van der Waals surface area contributed by atoms with Crippen LogP contribution < -0.4 is 9.64 Å². The van der Waals surface area contributed by atoms with Crippen molar-refractivity contribution in [3.8, 4) is 11.8 Å². The highest BCUT2D eigenvalue weighted by Crippen LogP contribution is 2.34. The van der Waals surface area contributed by atoms with Crippen molar-refractivity contribution in [3.05, 3.63) is 29.7 Å². The van der Waals surface area contributed by atoms with E-state index in [9.17, 15) is 9.90 Å². The van der Waals surface area contributed by atoms with Crippen molar-refractivity contribution >= 4 is 19.8 Å². The molecule has 4 heterocycles. The molecule has 0 saturated carbocycles. The number of aryl methyl sites for hydroxylation is 1.